The monoisotopic (exact) mass is 168 g/mol. The molecule has 0 unspecified atom stereocenters. The van der Waals surface area contributed by atoms with Crippen LogP contribution in [0.5, 0.6) is 0 Å². The Morgan fingerprint density at radius 1 is 1.33 bits per heavy atom. The largest absolute Gasteiger partial charge is 0.299 e. The number of hydrogen-bond acceptors (Lipinski definition) is 1. The predicted octanol–water partition coefficient (Wildman–Crippen LogP) is 3.35. The van der Waals surface area contributed by atoms with Gasteiger partial charge in [0.2, 0.25) is 0 Å². The number of carbonyl (C=O) groups is 1. The van der Waals surface area contributed by atoms with Gasteiger partial charge in [-0.25, -0.2) is 0 Å². The minimum atomic E-state index is 0.357. The van der Waals surface area contributed by atoms with Gasteiger partial charge in [-0.05, 0) is 24.3 Å². The molecule has 0 spiro atoms. The Labute approximate surface area is 75.9 Å². The Hall–Kier alpha value is -0.590. The van der Waals surface area contributed by atoms with Crippen LogP contribution >= 0.6 is 0 Å². The summed E-state index contributed by atoms with van der Waals surface area (Å²) >= 11 is 0. The summed E-state index contributed by atoms with van der Waals surface area (Å²) in [6.07, 6.45) is 9.17. The smallest absolute Gasteiger partial charge is 0.142 e. The van der Waals surface area contributed by atoms with E-state index in [1.807, 2.05) is 6.08 Å². The lowest BCUT2D eigenvalue weighted by atomic mass is 9.84. The fourth-order valence-corrected chi connectivity index (χ4v) is 1.20. The quantitative estimate of drug-likeness (QED) is 0.439. The summed E-state index contributed by atoms with van der Waals surface area (Å²) < 4.78 is 0. The molecular weight excluding hydrogens is 148 g/mol. The second-order valence-corrected chi connectivity index (χ2v) is 4.04. The molecule has 70 valence electrons. The number of carbonyl (C=O) groups excluding carboxylic acids is 1. The van der Waals surface area contributed by atoms with Crippen LogP contribution in [0.3, 0.4) is 0 Å². The summed E-state index contributed by atoms with van der Waals surface area (Å²) in [5, 5.41) is 0. The van der Waals surface area contributed by atoms with Gasteiger partial charge in [0.1, 0.15) is 6.29 Å². The third-order valence-corrected chi connectivity index (χ3v) is 2.09. The summed E-state index contributed by atoms with van der Waals surface area (Å²) in [5.41, 5.74) is 0.357. The molecule has 0 bridgehead atoms. The normalized spacial score (nSPS) is 12.2. The zero-order valence-corrected chi connectivity index (χ0v) is 8.47. The van der Waals surface area contributed by atoms with E-state index >= 15 is 0 Å². The highest BCUT2D eigenvalue weighted by molar-refractivity contribution is 5.64. The molecule has 0 N–H and O–H groups in total. The molecule has 0 saturated heterocycles. The van der Waals surface area contributed by atoms with Crippen LogP contribution in [0.2, 0.25) is 0 Å². The first kappa shape index (κ1) is 11.4. The molecule has 0 aliphatic rings. The van der Waals surface area contributed by atoms with Crippen molar-refractivity contribution in [2.24, 2.45) is 5.41 Å². The predicted molar refractivity (Wildman–Crippen MR) is 53.1 cm³/mol. The molecule has 12 heavy (non-hydrogen) atoms. The Bertz CT molecular complexity index is 145. The highest BCUT2D eigenvalue weighted by Gasteiger charge is 2.14. The zero-order chi connectivity index (χ0) is 9.45. The number of rotatable bonds is 6. The average molecular weight is 168 g/mol. The van der Waals surface area contributed by atoms with Crippen LogP contribution in [0.25, 0.3) is 0 Å². The maximum absolute atomic E-state index is 10.0. The molecule has 0 aromatic rings. The molecule has 1 heteroatoms. The molecular formula is C11H20O. The topological polar surface area (TPSA) is 17.1 Å². The third-order valence-electron chi connectivity index (χ3n) is 2.09. The van der Waals surface area contributed by atoms with Crippen molar-refractivity contribution in [3.8, 4) is 0 Å². The van der Waals surface area contributed by atoms with Crippen LogP contribution in [-0.4, -0.2) is 6.29 Å². The molecule has 0 radical (unpaired) electrons. The van der Waals surface area contributed by atoms with Crippen molar-refractivity contribution in [2.75, 3.05) is 0 Å². The summed E-state index contributed by atoms with van der Waals surface area (Å²) in [6.45, 7) is 6.70. The van der Waals surface area contributed by atoms with Gasteiger partial charge in [0.25, 0.3) is 0 Å². The standard InChI is InChI=1S/C11H20O/c1-4-5-8-11(2,3)9-6-7-10-12/h6-7,10H,4-5,8-9H2,1-3H3/b7-6+. The Morgan fingerprint density at radius 2 is 2.00 bits per heavy atom. The number of unbranched alkanes of at least 4 members (excludes halogenated alkanes) is 1. The van der Waals surface area contributed by atoms with E-state index in [2.05, 4.69) is 20.8 Å². The second kappa shape index (κ2) is 5.99. The highest BCUT2D eigenvalue weighted by atomic mass is 16.1. The number of aldehydes is 1. The van der Waals surface area contributed by atoms with E-state index in [1.165, 1.54) is 19.3 Å². The van der Waals surface area contributed by atoms with E-state index in [4.69, 9.17) is 0 Å². The van der Waals surface area contributed by atoms with Crippen LogP contribution in [-0.2, 0) is 4.79 Å². The maximum Gasteiger partial charge on any atom is 0.142 e. The average Bonchev–Trinajstić information content (AvgIpc) is 2.01. The van der Waals surface area contributed by atoms with Crippen molar-refractivity contribution in [3.05, 3.63) is 12.2 Å². The first-order valence-electron chi connectivity index (χ1n) is 4.72. The fraction of sp³-hybridized carbons (Fsp3) is 0.727. The first-order chi connectivity index (χ1) is 5.62. The van der Waals surface area contributed by atoms with Gasteiger partial charge in [0.15, 0.2) is 0 Å². The molecule has 0 aliphatic carbocycles. The fourth-order valence-electron chi connectivity index (χ4n) is 1.20. The summed E-state index contributed by atoms with van der Waals surface area (Å²) in [4.78, 5) is 10.0. The molecule has 0 saturated carbocycles. The van der Waals surface area contributed by atoms with Gasteiger partial charge in [0.05, 0.1) is 0 Å². The summed E-state index contributed by atoms with van der Waals surface area (Å²) in [7, 11) is 0. The first-order valence-corrected chi connectivity index (χ1v) is 4.72. The van der Waals surface area contributed by atoms with Crippen molar-refractivity contribution >= 4 is 6.29 Å². The molecule has 0 heterocycles. The van der Waals surface area contributed by atoms with E-state index in [9.17, 15) is 4.79 Å². The van der Waals surface area contributed by atoms with Crippen molar-refractivity contribution in [3.63, 3.8) is 0 Å². The van der Waals surface area contributed by atoms with Crippen molar-refractivity contribution < 1.29 is 4.79 Å². The minimum absolute atomic E-state index is 0.357. The molecule has 0 amide bonds. The van der Waals surface area contributed by atoms with Gasteiger partial charge in [0, 0.05) is 0 Å². The third kappa shape index (κ3) is 6.14. The van der Waals surface area contributed by atoms with Crippen LogP contribution in [0.4, 0.5) is 0 Å². The Kier molecular flexibility index (Phi) is 5.69. The molecule has 0 rings (SSSR count). The Balaban J connectivity index is 3.69. The van der Waals surface area contributed by atoms with Crippen LogP contribution < -0.4 is 0 Å². The van der Waals surface area contributed by atoms with Gasteiger partial charge in [-0.15, -0.1) is 0 Å². The maximum atomic E-state index is 10.0. The van der Waals surface area contributed by atoms with E-state index in [1.54, 1.807) is 6.08 Å². The minimum Gasteiger partial charge on any atom is -0.299 e. The van der Waals surface area contributed by atoms with Crippen LogP contribution in [0.15, 0.2) is 12.2 Å². The number of hydrogen-bond donors (Lipinski definition) is 0. The Morgan fingerprint density at radius 3 is 2.50 bits per heavy atom. The summed E-state index contributed by atoms with van der Waals surface area (Å²) in [6, 6.07) is 0. The van der Waals surface area contributed by atoms with Crippen molar-refractivity contribution in [2.45, 2.75) is 46.5 Å². The van der Waals surface area contributed by atoms with E-state index < -0.39 is 0 Å². The lowest BCUT2D eigenvalue weighted by Gasteiger charge is -2.22. The van der Waals surface area contributed by atoms with Crippen LogP contribution in [0.1, 0.15) is 46.5 Å². The molecule has 0 aromatic carbocycles. The lowest BCUT2D eigenvalue weighted by Crippen LogP contribution is -2.09. The van der Waals surface area contributed by atoms with Gasteiger partial charge in [-0.2, -0.15) is 0 Å². The number of allylic oxidation sites excluding steroid dienone is 2. The van der Waals surface area contributed by atoms with Gasteiger partial charge < -0.3 is 0 Å². The zero-order valence-electron chi connectivity index (χ0n) is 8.47. The molecule has 1 nitrogen and oxygen atoms in total. The van der Waals surface area contributed by atoms with Crippen molar-refractivity contribution in [1.29, 1.82) is 0 Å². The lowest BCUT2D eigenvalue weighted by molar-refractivity contribution is -0.104. The van der Waals surface area contributed by atoms with Gasteiger partial charge in [-0.3, -0.25) is 4.79 Å². The van der Waals surface area contributed by atoms with E-state index in [0.29, 0.717) is 5.41 Å². The van der Waals surface area contributed by atoms with Crippen LogP contribution in [0, 0.1) is 5.41 Å². The molecule has 0 aliphatic heterocycles. The van der Waals surface area contributed by atoms with E-state index in [0.717, 1.165) is 12.7 Å². The van der Waals surface area contributed by atoms with Crippen molar-refractivity contribution in [1.82, 2.24) is 0 Å². The molecule has 0 fully saturated rings. The SMILES string of the molecule is CCCCC(C)(C)C/C=C/C=O. The summed E-state index contributed by atoms with van der Waals surface area (Å²) in [5.74, 6) is 0. The van der Waals surface area contributed by atoms with Gasteiger partial charge in [-0.1, -0.05) is 39.7 Å². The van der Waals surface area contributed by atoms with E-state index in [-0.39, 0.29) is 0 Å². The second-order valence-electron chi connectivity index (χ2n) is 4.04. The highest BCUT2D eigenvalue weighted by Crippen LogP contribution is 2.27. The molecule has 0 aromatic heterocycles. The van der Waals surface area contributed by atoms with Gasteiger partial charge >= 0.3 is 0 Å². The molecule has 0 atom stereocenters.